The maximum atomic E-state index is 12.5. The third kappa shape index (κ3) is 6.50. The lowest BCUT2D eigenvalue weighted by molar-refractivity contribution is -0.139. The summed E-state index contributed by atoms with van der Waals surface area (Å²) in [6, 6.07) is 11.7. The first-order valence-electron chi connectivity index (χ1n) is 8.90. The van der Waals surface area contributed by atoms with Crippen molar-refractivity contribution >= 4 is 17.6 Å². The average Bonchev–Trinajstić information content (AvgIpc) is 2.61. The maximum Gasteiger partial charge on any atom is 0.341 e. The highest BCUT2D eigenvalue weighted by Crippen LogP contribution is 2.29. The lowest BCUT2D eigenvalue weighted by Gasteiger charge is -2.21. The van der Waals surface area contributed by atoms with Gasteiger partial charge in [-0.1, -0.05) is 0 Å². The summed E-state index contributed by atoms with van der Waals surface area (Å²) in [5.41, 5.74) is 0.682. The van der Waals surface area contributed by atoms with E-state index in [-0.39, 0.29) is 17.3 Å². The standard InChI is InChI=1S/C21H25NO6/c1-5-26-18-12-14(6-11-17(18)27-13-19(23)24)20(25)22-15-7-9-16(10-8-15)28-21(2,3)4/h6-12H,5,13H2,1-4H3,(H,22,25)(H,23,24). The number of nitrogens with one attached hydrogen (secondary N) is 1. The second-order valence-electron chi connectivity index (χ2n) is 6.97. The largest absolute Gasteiger partial charge is 0.490 e. The highest BCUT2D eigenvalue weighted by atomic mass is 16.5. The van der Waals surface area contributed by atoms with E-state index in [0.29, 0.717) is 29.4 Å². The second kappa shape index (κ2) is 9.12. The fraction of sp³-hybridized carbons (Fsp3) is 0.333. The number of hydrogen-bond donors (Lipinski definition) is 2. The second-order valence-corrected chi connectivity index (χ2v) is 6.97. The molecule has 2 aromatic carbocycles. The van der Waals surface area contributed by atoms with Gasteiger partial charge in [-0.2, -0.15) is 0 Å². The summed E-state index contributed by atoms with van der Waals surface area (Å²) in [5, 5.41) is 11.5. The van der Waals surface area contributed by atoms with Crippen LogP contribution < -0.4 is 19.5 Å². The number of aliphatic carboxylic acids is 1. The number of carbonyl (C=O) groups is 2. The summed E-state index contributed by atoms with van der Waals surface area (Å²) < 4.78 is 16.4. The van der Waals surface area contributed by atoms with Crippen molar-refractivity contribution in [3.05, 3.63) is 48.0 Å². The molecule has 0 aliphatic carbocycles. The van der Waals surface area contributed by atoms with Gasteiger partial charge in [0, 0.05) is 11.3 Å². The number of carboxylic acid groups (broad SMARTS) is 1. The molecule has 150 valence electrons. The van der Waals surface area contributed by atoms with Crippen LogP contribution in [0.2, 0.25) is 0 Å². The molecule has 7 heteroatoms. The number of amides is 1. The molecule has 0 aromatic heterocycles. The Morgan fingerprint density at radius 3 is 2.25 bits per heavy atom. The van der Waals surface area contributed by atoms with Gasteiger partial charge in [-0.05, 0) is 70.2 Å². The van der Waals surface area contributed by atoms with E-state index in [1.54, 1.807) is 37.3 Å². The van der Waals surface area contributed by atoms with E-state index in [9.17, 15) is 9.59 Å². The zero-order valence-electron chi connectivity index (χ0n) is 16.4. The molecule has 1 amide bonds. The van der Waals surface area contributed by atoms with Crippen LogP contribution >= 0.6 is 0 Å². The summed E-state index contributed by atoms with van der Waals surface area (Å²) in [6.07, 6.45) is 0. The lowest BCUT2D eigenvalue weighted by atomic mass is 10.1. The van der Waals surface area contributed by atoms with Gasteiger partial charge in [0.15, 0.2) is 18.1 Å². The average molecular weight is 387 g/mol. The van der Waals surface area contributed by atoms with Gasteiger partial charge in [0.2, 0.25) is 0 Å². The van der Waals surface area contributed by atoms with Crippen LogP contribution in [0.4, 0.5) is 5.69 Å². The Labute approximate surface area is 164 Å². The van der Waals surface area contributed by atoms with Crippen LogP contribution in [0.25, 0.3) is 0 Å². The van der Waals surface area contributed by atoms with Crippen molar-refractivity contribution in [1.29, 1.82) is 0 Å². The Morgan fingerprint density at radius 1 is 1.00 bits per heavy atom. The SMILES string of the molecule is CCOc1cc(C(=O)Nc2ccc(OC(C)(C)C)cc2)ccc1OCC(=O)O. The zero-order chi connectivity index (χ0) is 20.7. The molecular formula is C21H25NO6. The number of benzene rings is 2. The molecule has 2 N–H and O–H groups in total. The van der Waals surface area contributed by atoms with Gasteiger partial charge in [0.05, 0.1) is 6.61 Å². The van der Waals surface area contributed by atoms with Crippen molar-refractivity contribution in [2.45, 2.75) is 33.3 Å². The van der Waals surface area contributed by atoms with Gasteiger partial charge < -0.3 is 24.6 Å². The fourth-order valence-corrected chi connectivity index (χ4v) is 2.34. The molecule has 0 bridgehead atoms. The van der Waals surface area contributed by atoms with Crippen molar-refractivity contribution in [2.75, 3.05) is 18.5 Å². The minimum Gasteiger partial charge on any atom is -0.490 e. The molecule has 0 saturated carbocycles. The number of hydrogen-bond acceptors (Lipinski definition) is 5. The Morgan fingerprint density at radius 2 is 1.68 bits per heavy atom. The van der Waals surface area contributed by atoms with E-state index in [2.05, 4.69) is 5.32 Å². The molecule has 0 aliphatic heterocycles. The number of ether oxygens (including phenoxy) is 3. The smallest absolute Gasteiger partial charge is 0.341 e. The molecule has 28 heavy (non-hydrogen) atoms. The van der Waals surface area contributed by atoms with Crippen molar-refractivity contribution in [3.8, 4) is 17.2 Å². The maximum absolute atomic E-state index is 12.5. The van der Waals surface area contributed by atoms with Crippen LogP contribution in [0.1, 0.15) is 38.1 Å². The monoisotopic (exact) mass is 387 g/mol. The van der Waals surface area contributed by atoms with Crippen molar-refractivity contribution < 1.29 is 28.9 Å². The molecule has 0 atom stereocenters. The molecule has 0 fully saturated rings. The Balaban J connectivity index is 2.10. The summed E-state index contributed by atoms with van der Waals surface area (Å²) in [7, 11) is 0. The van der Waals surface area contributed by atoms with Crippen LogP contribution in [0.3, 0.4) is 0 Å². The van der Waals surface area contributed by atoms with Gasteiger partial charge in [-0.25, -0.2) is 4.79 Å². The topological polar surface area (TPSA) is 94.1 Å². The normalized spacial score (nSPS) is 10.9. The molecule has 0 spiro atoms. The summed E-state index contributed by atoms with van der Waals surface area (Å²) in [4.78, 5) is 23.2. The van der Waals surface area contributed by atoms with E-state index < -0.39 is 12.6 Å². The molecule has 2 rings (SSSR count). The number of carbonyl (C=O) groups excluding carboxylic acids is 1. The summed E-state index contributed by atoms with van der Waals surface area (Å²) in [5.74, 6) is -0.128. The van der Waals surface area contributed by atoms with Crippen LogP contribution in [0.5, 0.6) is 17.2 Å². The van der Waals surface area contributed by atoms with E-state index >= 15 is 0 Å². The molecule has 7 nitrogen and oxygen atoms in total. The number of rotatable bonds is 8. The zero-order valence-corrected chi connectivity index (χ0v) is 16.4. The van der Waals surface area contributed by atoms with E-state index in [1.165, 1.54) is 12.1 Å². The Hall–Kier alpha value is -3.22. The fourth-order valence-electron chi connectivity index (χ4n) is 2.34. The van der Waals surface area contributed by atoms with Gasteiger partial charge in [0.25, 0.3) is 5.91 Å². The van der Waals surface area contributed by atoms with Crippen molar-refractivity contribution in [2.24, 2.45) is 0 Å². The van der Waals surface area contributed by atoms with Crippen molar-refractivity contribution in [1.82, 2.24) is 0 Å². The highest BCUT2D eigenvalue weighted by Gasteiger charge is 2.14. The number of carboxylic acids is 1. The van der Waals surface area contributed by atoms with Crippen LogP contribution in [0.15, 0.2) is 42.5 Å². The molecular weight excluding hydrogens is 362 g/mol. The first kappa shape index (κ1) is 21.1. The Bertz CT molecular complexity index is 824. The summed E-state index contributed by atoms with van der Waals surface area (Å²) in [6.45, 7) is 7.53. The first-order valence-corrected chi connectivity index (χ1v) is 8.90. The molecule has 2 aromatic rings. The van der Waals surface area contributed by atoms with Crippen LogP contribution in [0, 0.1) is 0 Å². The number of anilines is 1. The van der Waals surface area contributed by atoms with Gasteiger partial charge >= 0.3 is 5.97 Å². The first-order chi connectivity index (χ1) is 13.2. The third-order valence-corrected chi connectivity index (χ3v) is 3.39. The molecule has 0 aliphatic rings. The minimum atomic E-state index is -1.09. The quantitative estimate of drug-likeness (QED) is 0.712. The predicted octanol–water partition coefficient (Wildman–Crippen LogP) is 3.98. The lowest BCUT2D eigenvalue weighted by Crippen LogP contribution is -2.22. The summed E-state index contributed by atoms with van der Waals surface area (Å²) >= 11 is 0. The van der Waals surface area contributed by atoms with Gasteiger partial charge in [0.1, 0.15) is 11.4 Å². The van der Waals surface area contributed by atoms with Crippen LogP contribution in [-0.4, -0.2) is 35.8 Å². The minimum absolute atomic E-state index is 0.268. The van der Waals surface area contributed by atoms with Crippen molar-refractivity contribution in [3.63, 3.8) is 0 Å². The van der Waals surface area contributed by atoms with Gasteiger partial charge in [-0.15, -0.1) is 0 Å². The molecule has 0 unspecified atom stereocenters. The Kier molecular flexibility index (Phi) is 6.87. The molecule has 0 saturated heterocycles. The molecule has 0 radical (unpaired) electrons. The van der Waals surface area contributed by atoms with Crippen LogP contribution in [-0.2, 0) is 4.79 Å². The highest BCUT2D eigenvalue weighted by molar-refractivity contribution is 6.04. The predicted molar refractivity (Wildman–Crippen MR) is 106 cm³/mol. The van der Waals surface area contributed by atoms with Gasteiger partial charge in [-0.3, -0.25) is 4.79 Å². The van der Waals surface area contributed by atoms with E-state index in [0.717, 1.165) is 0 Å². The van der Waals surface area contributed by atoms with E-state index in [4.69, 9.17) is 19.3 Å². The van der Waals surface area contributed by atoms with E-state index in [1.807, 2.05) is 20.8 Å². The molecule has 0 heterocycles. The third-order valence-electron chi connectivity index (χ3n) is 3.39.